The molecule has 18 heterocycles. The lowest BCUT2D eigenvalue weighted by atomic mass is 10.1. The third-order valence-electron chi connectivity index (χ3n) is 22.8. The van der Waals surface area contributed by atoms with E-state index in [-0.39, 0.29) is 44.8 Å². The van der Waals surface area contributed by atoms with Gasteiger partial charge in [-0.3, -0.25) is 43.8 Å². The van der Waals surface area contributed by atoms with E-state index in [1.54, 1.807) is 104 Å². The van der Waals surface area contributed by atoms with Crippen molar-refractivity contribution in [2.45, 2.75) is 84.0 Å². The molecule has 13 aromatic heterocycles. The highest BCUT2D eigenvalue weighted by Crippen LogP contribution is 2.44. The monoisotopic (exact) mass is 1900 g/mol. The number of nitrogens with one attached hydrogen (secondary N) is 2. The van der Waals surface area contributed by atoms with Crippen molar-refractivity contribution >= 4 is 195 Å². The molecule has 5 saturated heterocycles. The van der Waals surface area contributed by atoms with Crippen LogP contribution in [0, 0.1) is 5.82 Å². The maximum atomic E-state index is 14.1. The minimum Gasteiger partial charge on any atom is -0.494 e. The molecule has 34 heteroatoms. The number of nitrogens with zero attached hydrogens (tertiary/aromatic N) is 6. The van der Waals surface area contributed by atoms with Gasteiger partial charge in [-0.15, -0.1) is 79.4 Å². The third kappa shape index (κ3) is 20.3. The van der Waals surface area contributed by atoms with Crippen LogP contribution < -0.4 is 67.2 Å². The van der Waals surface area contributed by atoms with Gasteiger partial charge in [0, 0.05) is 189 Å². The van der Waals surface area contributed by atoms with Crippen molar-refractivity contribution in [3.63, 3.8) is 0 Å². The minimum absolute atomic E-state index is 0.000641. The number of rotatable bonds is 16. The molecule has 2 amide bonds. The number of hydrogen-bond acceptors (Lipinski definition) is 30. The number of amides is 2. The van der Waals surface area contributed by atoms with E-state index in [0.717, 1.165) is 157 Å². The largest absolute Gasteiger partial charge is 0.494 e. The molecule has 0 atom stereocenters. The van der Waals surface area contributed by atoms with E-state index >= 15 is 0 Å². The molecule has 670 valence electrons. The number of carbonyl (C=O) groups is 3. The Labute approximate surface area is 776 Å². The second kappa shape index (κ2) is 41.5. The Morgan fingerprint density at radius 3 is 1.18 bits per heavy atom. The third-order valence-corrected chi connectivity index (χ3v) is 30.0. The van der Waals surface area contributed by atoms with Crippen LogP contribution in [-0.2, 0) is 9.47 Å². The Bertz CT molecular complexity index is 7060. The number of aromatic nitrogens is 1. The number of piperidine rings is 4. The minimum atomic E-state index is -0.576. The highest BCUT2D eigenvalue weighted by atomic mass is 35.5. The fourth-order valence-corrected chi connectivity index (χ4v) is 22.7. The van der Waals surface area contributed by atoms with Crippen molar-refractivity contribution in [1.82, 2.24) is 10.5 Å². The number of benzene rings is 3. The molecule has 5 fully saturated rings. The summed E-state index contributed by atoms with van der Waals surface area (Å²) < 4.78 is 63.9. The molecule has 0 radical (unpaired) electrons. The zero-order valence-corrected chi connectivity index (χ0v) is 77.2. The summed E-state index contributed by atoms with van der Waals surface area (Å²) in [6, 6.07) is 37.8. The summed E-state index contributed by atoms with van der Waals surface area (Å²) in [6.07, 6.45) is 17.0. The first-order valence-electron chi connectivity index (χ1n) is 42.8. The van der Waals surface area contributed by atoms with Crippen molar-refractivity contribution in [2.75, 3.05) is 122 Å². The lowest BCUT2D eigenvalue weighted by molar-refractivity contribution is 0.0531. The number of methoxy groups -OCH3 is 1. The average Bonchev–Trinajstić information content (AvgIpc) is 1.64. The number of morpholine rings is 1. The molecule has 16 aromatic rings. The Morgan fingerprint density at radius 1 is 0.431 bits per heavy atom. The van der Waals surface area contributed by atoms with E-state index in [1.165, 1.54) is 124 Å². The smallest absolute Gasteiger partial charge is 0.348 e. The van der Waals surface area contributed by atoms with Crippen LogP contribution in [0.4, 0.5) is 39.5 Å². The number of ether oxygens (including phenoxy) is 3. The molecule has 21 rings (SSSR count). The predicted octanol–water partition coefficient (Wildman–Crippen LogP) is 22.3. The summed E-state index contributed by atoms with van der Waals surface area (Å²) in [5.74, 6) is 1.81. The van der Waals surface area contributed by atoms with Crippen LogP contribution in [0.25, 0.3) is 106 Å². The quantitative estimate of drug-likeness (QED) is 0.0460. The molecule has 5 aliphatic rings. The Morgan fingerprint density at radius 2 is 0.792 bits per heavy atom. The van der Waals surface area contributed by atoms with Crippen molar-refractivity contribution in [2.24, 2.45) is 0 Å². The molecular weight excluding hydrogens is 1820 g/mol. The van der Waals surface area contributed by atoms with Crippen molar-refractivity contribution in [3.8, 4) is 60.0 Å². The van der Waals surface area contributed by atoms with E-state index in [1.807, 2.05) is 74.3 Å². The first-order chi connectivity index (χ1) is 63.4. The molecule has 130 heavy (non-hydrogen) atoms. The second-order valence-corrected chi connectivity index (χ2v) is 38.4. The number of hydroxylamine groups is 1. The first-order valence-corrected chi connectivity index (χ1v) is 49.2. The summed E-state index contributed by atoms with van der Waals surface area (Å²) in [7, 11) is 1.43. The average molecular weight is 1900 g/mol. The van der Waals surface area contributed by atoms with Gasteiger partial charge in [0.2, 0.25) is 27.1 Å². The number of carbonyl (C=O) groups excluding carboxylic acids is 3. The molecule has 3 N–H and O–H groups in total. The Kier molecular flexibility index (Phi) is 28.7. The van der Waals surface area contributed by atoms with Gasteiger partial charge in [-0.1, -0.05) is 41.9 Å². The number of fused-ring (bicyclic) bond motifs is 5. The maximum absolute atomic E-state index is 14.1. The van der Waals surface area contributed by atoms with Crippen molar-refractivity contribution in [1.29, 1.82) is 0 Å². The lowest BCUT2D eigenvalue weighted by Gasteiger charge is -2.27. The summed E-state index contributed by atoms with van der Waals surface area (Å²) in [5, 5.41) is 21.2. The number of anilines is 6. The van der Waals surface area contributed by atoms with Gasteiger partial charge >= 0.3 is 5.97 Å². The van der Waals surface area contributed by atoms with Gasteiger partial charge in [0.05, 0.1) is 31.3 Å². The molecule has 3 aromatic carbocycles. The Hall–Kier alpha value is -11.9. The molecule has 0 aliphatic carbocycles. The summed E-state index contributed by atoms with van der Waals surface area (Å²) in [6.45, 7) is 12.1. The number of pyridine rings is 1. The second-order valence-electron chi connectivity index (χ2n) is 31.2. The van der Waals surface area contributed by atoms with Gasteiger partial charge in [0.15, 0.2) is 68.9 Å². The van der Waals surface area contributed by atoms with Crippen LogP contribution in [-0.4, -0.2) is 120 Å². The van der Waals surface area contributed by atoms with E-state index in [0.29, 0.717) is 141 Å². The van der Waals surface area contributed by atoms with E-state index in [4.69, 9.17) is 53.1 Å². The van der Waals surface area contributed by atoms with Gasteiger partial charge < -0.3 is 66.1 Å². The molecule has 0 saturated carbocycles. The van der Waals surface area contributed by atoms with Crippen LogP contribution in [0.15, 0.2) is 219 Å². The lowest BCUT2D eigenvalue weighted by Crippen LogP contribution is -2.36. The van der Waals surface area contributed by atoms with Crippen molar-refractivity contribution < 1.29 is 60.3 Å². The number of thiophene rings is 7. The van der Waals surface area contributed by atoms with E-state index in [9.17, 15) is 42.7 Å². The number of esters is 1. The zero-order chi connectivity index (χ0) is 89.9. The molecule has 5 aliphatic heterocycles. The SMILES string of the molecule is CCOC(=O)c1ccc(-c2csc3c(=O)cc(N4CCCCC4)oc23)s1.COc1ccc(-c2csc3c(=O)cc(N4CCCCC4)oc23)cc1F.O=C(NO)c1ccc(-c2csc3c(=O)cc(N4CCOCC4)oc23)cc1.O=C(Nc1ccc(-c2csc3c(=O)cc(N4CCCCC4)oc23)cc1)c1ccncc1.O=c1cc(N2CCCCC2)oc2c(-c3ccc(Cl)s3)csc12. The number of hydrogen-bond donors (Lipinski definition) is 3. The molecule has 25 nitrogen and oxygen atoms in total. The summed E-state index contributed by atoms with van der Waals surface area (Å²) in [4.78, 5) is 115. The van der Waals surface area contributed by atoms with Gasteiger partial charge in [-0.25, -0.2) is 14.7 Å². The van der Waals surface area contributed by atoms with Gasteiger partial charge in [0.25, 0.3) is 11.8 Å². The predicted molar refractivity (Wildman–Crippen MR) is 521 cm³/mol. The standard InChI is InChI=1S/C24H21N3O3S.C19H18FNO3S.C19H19NO4S2.C18H16N2O5S.C16H14ClNO2S2/c28-20-14-21(27-12-2-1-3-13-27)30-22-19(15-31-23(20)22)16-4-6-18(7-5-16)26-24(29)17-8-10-25-11-9-17;1-23-16-6-5-12(9-14(16)20)13-11-25-19-15(22)10-17(24-18(13)19)21-7-3-2-4-8-21;1-2-23-19(22)15-7-6-14(26-15)12-11-25-18-13(21)10-16(24-17(12)18)20-8-4-3-5-9-20;21-14-9-15(20-5-7-24-8-6-20)25-16-13(10-26-17(14)16)11-1-3-12(4-2-11)18(22)19-23;17-13-5-4-12(22-13)10-9-21-16-11(19)8-14(20-15(10)16)18-6-2-1-3-7-18/h4-11,14-15H,1-3,12-13H2,(H,26,29);5-6,9-11H,2-4,7-8H2,1H3;6-7,10-11H,2-5,8-9H2,1H3;1-4,9-10,23H,5-8H2,(H,19,22);4-5,8-9H,1-3,6-7H2. The molecule has 0 bridgehead atoms. The maximum Gasteiger partial charge on any atom is 0.348 e. The van der Waals surface area contributed by atoms with Crippen LogP contribution in [0.2, 0.25) is 4.34 Å². The highest BCUT2D eigenvalue weighted by molar-refractivity contribution is 7.21. The Balaban J connectivity index is 0.000000114. The highest BCUT2D eigenvalue weighted by Gasteiger charge is 2.27. The first kappa shape index (κ1) is 90.1. The normalized spacial score (nSPS) is 14.7. The van der Waals surface area contributed by atoms with Gasteiger partial charge in [-0.05, 0) is 173 Å². The van der Waals surface area contributed by atoms with Crippen LogP contribution in [0.3, 0.4) is 0 Å². The van der Waals surface area contributed by atoms with Crippen LogP contribution in [0.1, 0.15) is 114 Å². The van der Waals surface area contributed by atoms with E-state index in [2.05, 4.69) is 29.9 Å². The summed E-state index contributed by atoms with van der Waals surface area (Å²) >= 11 is 15.8. The fraction of sp³-hybridized carbons (Fsp3) is 0.281. The van der Waals surface area contributed by atoms with Crippen molar-refractivity contribution in [3.05, 3.63) is 250 Å². The summed E-state index contributed by atoms with van der Waals surface area (Å²) in [5.41, 5.74) is 12.8. The molecular formula is C96H88ClFN8O17S7. The molecule has 0 unspecified atom stereocenters. The molecule has 0 spiro atoms. The topological polar surface area (TPSA) is 303 Å². The fourth-order valence-electron chi connectivity index (χ4n) is 16.0. The van der Waals surface area contributed by atoms with Crippen LogP contribution in [0.5, 0.6) is 5.75 Å². The van der Waals surface area contributed by atoms with Crippen LogP contribution >= 0.6 is 91.0 Å². The van der Waals surface area contributed by atoms with Gasteiger partial charge in [0.1, 0.15) is 28.4 Å². The van der Waals surface area contributed by atoms with E-state index < -0.39 is 11.7 Å². The zero-order valence-electron chi connectivity index (χ0n) is 70.7. The number of halogens is 2. The van der Waals surface area contributed by atoms with Gasteiger partial charge in [-0.2, -0.15) is 0 Å².